The molecule has 3 nitrogen and oxygen atoms in total. The van der Waals surface area contributed by atoms with Crippen LogP contribution in [-0.4, -0.2) is 17.1 Å². The molecule has 1 unspecified atom stereocenters. The molecule has 3 N–H and O–H groups in total. The summed E-state index contributed by atoms with van der Waals surface area (Å²) in [5, 5.41) is 8.47. The van der Waals surface area contributed by atoms with E-state index in [2.05, 4.69) is 19.1 Å². The van der Waals surface area contributed by atoms with Crippen LogP contribution in [0.1, 0.15) is 45.4 Å². The first-order chi connectivity index (χ1) is 6.66. The van der Waals surface area contributed by atoms with Crippen LogP contribution in [0, 0.1) is 0 Å². The van der Waals surface area contributed by atoms with Crippen LogP contribution in [0.5, 0.6) is 0 Å². The second-order valence-corrected chi connectivity index (χ2v) is 3.52. The van der Waals surface area contributed by atoms with Gasteiger partial charge in [-0.25, -0.2) is 0 Å². The quantitative estimate of drug-likeness (QED) is 0.466. The van der Waals surface area contributed by atoms with E-state index in [-0.39, 0.29) is 12.5 Å². The summed E-state index contributed by atoms with van der Waals surface area (Å²) in [5.74, 6) is -0.802. The van der Waals surface area contributed by atoms with Crippen molar-refractivity contribution in [2.24, 2.45) is 5.73 Å². The van der Waals surface area contributed by atoms with Gasteiger partial charge in [0.2, 0.25) is 0 Å². The predicted octanol–water partition coefficient (Wildman–Crippen LogP) is 2.31. The topological polar surface area (TPSA) is 63.3 Å². The van der Waals surface area contributed by atoms with Crippen molar-refractivity contribution in [2.45, 2.75) is 51.5 Å². The number of rotatable bonds is 8. The lowest BCUT2D eigenvalue weighted by atomic mass is 10.1. The third kappa shape index (κ3) is 9.26. The summed E-state index contributed by atoms with van der Waals surface area (Å²) in [6, 6.07) is -0.178. The van der Waals surface area contributed by atoms with Crippen molar-refractivity contribution < 1.29 is 9.90 Å². The zero-order valence-electron chi connectivity index (χ0n) is 8.91. The molecule has 0 radical (unpaired) electrons. The molecule has 0 amide bonds. The van der Waals surface area contributed by atoms with Crippen molar-refractivity contribution in [3.63, 3.8) is 0 Å². The summed E-state index contributed by atoms with van der Waals surface area (Å²) in [4.78, 5) is 10.3. The van der Waals surface area contributed by atoms with Crippen LogP contribution < -0.4 is 5.73 Å². The maximum atomic E-state index is 10.3. The fraction of sp³-hybridized carbons (Fsp3) is 0.727. The molecule has 0 spiro atoms. The second kappa shape index (κ2) is 8.75. The monoisotopic (exact) mass is 199 g/mol. The molecule has 0 aliphatic carbocycles. The Morgan fingerprint density at radius 1 is 1.43 bits per heavy atom. The maximum absolute atomic E-state index is 10.3. The van der Waals surface area contributed by atoms with E-state index >= 15 is 0 Å². The molecule has 0 saturated heterocycles. The molecule has 0 saturated carbocycles. The van der Waals surface area contributed by atoms with Gasteiger partial charge >= 0.3 is 5.97 Å². The van der Waals surface area contributed by atoms with Crippen molar-refractivity contribution >= 4 is 5.97 Å². The standard InChI is InChI=1S/C11H21NO2/c1-2-3-4-5-6-7-8-10(12)9-11(13)14/h3-4,10H,2,5-9,12H2,1H3,(H,13,14)/b4-3-. The first kappa shape index (κ1) is 13.2. The molecule has 1 atom stereocenters. The minimum Gasteiger partial charge on any atom is -0.481 e. The van der Waals surface area contributed by atoms with Crippen LogP contribution in [0.2, 0.25) is 0 Å². The van der Waals surface area contributed by atoms with Crippen LogP contribution in [0.25, 0.3) is 0 Å². The summed E-state index contributed by atoms with van der Waals surface area (Å²) in [6.07, 6.45) is 9.50. The number of hydrogen-bond acceptors (Lipinski definition) is 2. The maximum Gasteiger partial charge on any atom is 0.304 e. The van der Waals surface area contributed by atoms with Gasteiger partial charge in [-0.15, -0.1) is 0 Å². The molecule has 3 heteroatoms. The van der Waals surface area contributed by atoms with E-state index in [4.69, 9.17) is 10.8 Å². The number of hydrogen-bond donors (Lipinski definition) is 2. The number of allylic oxidation sites excluding steroid dienone is 2. The molecular weight excluding hydrogens is 178 g/mol. The SMILES string of the molecule is CC/C=C\CCCCC(N)CC(=O)O. The Hall–Kier alpha value is -0.830. The number of carboxylic acids is 1. The predicted molar refractivity (Wildman–Crippen MR) is 58.1 cm³/mol. The smallest absolute Gasteiger partial charge is 0.304 e. The highest BCUT2D eigenvalue weighted by Crippen LogP contribution is 2.05. The van der Waals surface area contributed by atoms with E-state index < -0.39 is 5.97 Å². The third-order valence-corrected chi connectivity index (χ3v) is 2.03. The highest BCUT2D eigenvalue weighted by Gasteiger charge is 2.06. The lowest BCUT2D eigenvalue weighted by molar-refractivity contribution is -0.137. The molecule has 82 valence electrons. The van der Waals surface area contributed by atoms with Gasteiger partial charge in [-0.1, -0.05) is 25.5 Å². The van der Waals surface area contributed by atoms with E-state index in [1.807, 2.05) is 0 Å². The van der Waals surface area contributed by atoms with Gasteiger partial charge in [0.25, 0.3) is 0 Å². The molecule has 0 aliphatic heterocycles. The Balaban J connectivity index is 3.27. The minimum atomic E-state index is -0.802. The van der Waals surface area contributed by atoms with E-state index in [1.54, 1.807) is 0 Å². The summed E-state index contributed by atoms with van der Waals surface area (Å²) in [5.41, 5.74) is 5.62. The Morgan fingerprint density at radius 3 is 2.71 bits per heavy atom. The highest BCUT2D eigenvalue weighted by atomic mass is 16.4. The fourth-order valence-corrected chi connectivity index (χ4v) is 1.28. The molecular formula is C11H21NO2. The summed E-state index contributed by atoms with van der Waals surface area (Å²) in [6.45, 7) is 2.11. The molecule has 0 aliphatic rings. The van der Waals surface area contributed by atoms with E-state index in [0.29, 0.717) is 0 Å². The Kier molecular flexibility index (Phi) is 8.24. The first-order valence-corrected chi connectivity index (χ1v) is 5.29. The van der Waals surface area contributed by atoms with Crippen LogP contribution in [0.15, 0.2) is 12.2 Å². The van der Waals surface area contributed by atoms with Crippen LogP contribution in [0.4, 0.5) is 0 Å². The van der Waals surface area contributed by atoms with Gasteiger partial charge in [-0.2, -0.15) is 0 Å². The Morgan fingerprint density at radius 2 is 2.14 bits per heavy atom. The van der Waals surface area contributed by atoms with Crippen LogP contribution in [0.3, 0.4) is 0 Å². The van der Waals surface area contributed by atoms with Gasteiger partial charge in [0, 0.05) is 6.04 Å². The zero-order chi connectivity index (χ0) is 10.8. The number of carboxylic acid groups (broad SMARTS) is 1. The van der Waals surface area contributed by atoms with Gasteiger partial charge in [0.1, 0.15) is 0 Å². The molecule has 0 heterocycles. The molecule has 0 fully saturated rings. The number of aliphatic carboxylic acids is 1. The van der Waals surface area contributed by atoms with Crippen molar-refractivity contribution in [2.75, 3.05) is 0 Å². The van der Waals surface area contributed by atoms with Crippen molar-refractivity contribution in [1.29, 1.82) is 0 Å². The van der Waals surface area contributed by atoms with Gasteiger partial charge in [-0.3, -0.25) is 4.79 Å². The fourth-order valence-electron chi connectivity index (χ4n) is 1.28. The van der Waals surface area contributed by atoms with Gasteiger partial charge in [-0.05, 0) is 25.7 Å². The molecule has 0 rings (SSSR count). The van der Waals surface area contributed by atoms with E-state index in [0.717, 1.165) is 32.1 Å². The largest absolute Gasteiger partial charge is 0.481 e. The lowest BCUT2D eigenvalue weighted by Crippen LogP contribution is -2.23. The number of unbranched alkanes of at least 4 members (excludes halogenated alkanes) is 2. The van der Waals surface area contributed by atoms with Crippen molar-refractivity contribution in [1.82, 2.24) is 0 Å². The average Bonchev–Trinajstić information content (AvgIpc) is 2.10. The lowest BCUT2D eigenvalue weighted by Gasteiger charge is -2.07. The number of carbonyl (C=O) groups is 1. The van der Waals surface area contributed by atoms with Gasteiger partial charge in [0.15, 0.2) is 0 Å². The van der Waals surface area contributed by atoms with E-state index in [9.17, 15) is 4.79 Å². The second-order valence-electron chi connectivity index (χ2n) is 3.52. The average molecular weight is 199 g/mol. The van der Waals surface area contributed by atoms with Gasteiger partial charge in [0.05, 0.1) is 6.42 Å². The minimum absolute atomic E-state index is 0.0881. The Labute approximate surface area is 86.0 Å². The van der Waals surface area contributed by atoms with Crippen LogP contribution in [-0.2, 0) is 4.79 Å². The van der Waals surface area contributed by atoms with Crippen molar-refractivity contribution in [3.05, 3.63) is 12.2 Å². The summed E-state index contributed by atoms with van der Waals surface area (Å²) >= 11 is 0. The third-order valence-electron chi connectivity index (χ3n) is 2.03. The molecule has 0 aromatic rings. The zero-order valence-corrected chi connectivity index (χ0v) is 8.91. The van der Waals surface area contributed by atoms with Crippen molar-refractivity contribution in [3.8, 4) is 0 Å². The molecule has 0 aromatic carbocycles. The summed E-state index contributed by atoms with van der Waals surface area (Å²) in [7, 11) is 0. The van der Waals surface area contributed by atoms with Crippen LogP contribution >= 0.6 is 0 Å². The molecule has 14 heavy (non-hydrogen) atoms. The van der Waals surface area contributed by atoms with Gasteiger partial charge < -0.3 is 10.8 Å². The van der Waals surface area contributed by atoms with E-state index in [1.165, 1.54) is 0 Å². The normalized spacial score (nSPS) is 13.3. The first-order valence-electron chi connectivity index (χ1n) is 5.29. The highest BCUT2D eigenvalue weighted by molar-refractivity contribution is 5.67. The molecule has 0 aromatic heterocycles. The Bertz CT molecular complexity index is 178. The molecule has 0 bridgehead atoms. The summed E-state index contributed by atoms with van der Waals surface area (Å²) < 4.78 is 0. The number of nitrogens with two attached hydrogens (primary N) is 1.